The Morgan fingerprint density at radius 2 is 1.17 bits per heavy atom. The van der Waals surface area contributed by atoms with E-state index in [0.29, 0.717) is 0 Å². The quantitative estimate of drug-likeness (QED) is 0.578. The summed E-state index contributed by atoms with van der Waals surface area (Å²) < 4.78 is 0. The van der Waals surface area contributed by atoms with Gasteiger partial charge in [-0.05, 0) is 11.9 Å². The Kier molecular flexibility index (Phi) is 2.53. The van der Waals surface area contributed by atoms with Crippen LogP contribution in [-0.2, 0) is 0 Å². The lowest BCUT2D eigenvalue weighted by Crippen LogP contribution is -2.70. The van der Waals surface area contributed by atoms with Crippen molar-refractivity contribution in [3.63, 3.8) is 0 Å². The van der Waals surface area contributed by atoms with Crippen molar-refractivity contribution in [3.8, 4) is 0 Å². The van der Waals surface area contributed by atoms with Crippen LogP contribution in [0.25, 0.3) is 32.6 Å². The van der Waals surface area contributed by atoms with Crippen LogP contribution in [-0.4, -0.2) is 32.3 Å². The molecule has 18 heavy (non-hydrogen) atoms. The highest BCUT2D eigenvalue weighted by molar-refractivity contribution is 6.06. The summed E-state index contributed by atoms with van der Waals surface area (Å²) in [4.78, 5) is 0. The summed E-state index contributed by atoms with van der Waals surface area (Å²) in [5.41, 5.74) is 16.9. The normalized spacial score (nSPS) is 16.7. The van der Waals surface area contributed by atoms with E-state index in [0.717, 1.165) is 0 Å². The summed E-state index contributed by atoms with van der Waals surface area (Å²) in [7, 11) is 0. The highest BCUT2D eigenvalue weighted by Crippen LogP contribution is 2.17. The number of nitrogens with zero attached hydrogens (tertiary/aromatic N) is 12. The van der Waals surface area contributed by atoms with Crippen LogP contribution in [0.3, 0.4) is 0 Å². The van der Waals surface area contributed by atoms with Gasteiger partial charge < -0.3 is 63.4 Å². The zero-order chi connectivity index (χ0) is 12.2. The van der Waals surface area contributed by atoms with Crippen molar-refractivity contribution in [1.82, 2.24) is 20.4 Å². The zero-order valence-electron chi connectivity index (χ0n) is 8.52. The molecule has 3 rings (SSSR count). The van der Waals surface area contributed by atoms with Crippen LogP contribution < -0.4 is 11.1 Å². The van der Waals surface area contributed by atoms with E-state index in [1.165, 1.54) is 11.1 Å². The minimum absolute atomic E-state index is 0.00324. The first-order valence-electron chi connectivity index (χ1n) is 4.52. The highest BCUT2D eigenvalue weighted by Gasteiger charge is 1.89. The van der Waals surface area contributed by atoms with Crippen molar-refractivity contribution in [2.75, 3.05) is 0 Å². The van der Waals surface area contributed by atoms with Crippen LogP contribution in [0.15, 0.2) is 10.2 Å². The molecule has 4 N–H and O–H groups in total. The van der Waals surface area contributed by atoms with Gasteiger partial charge in [0.05, 0.1) is 0 Å². The van der Waals surface area contributed by atoms with Gasteiger partial charge in [-0.1, -0.05) is 0 Å². The maximum Gasteiger partial charge on any atom is 0.0176 e. The van der Waals surface area contributed by atoms with E-state index in [-0.39, 0.29) is 23.8 Å². The zero-order valence-corrected chi connectivity index (χ0v) is 8.52. The molecule has 0 unspecified atom stereocenters. The van der Waals surface area contributed by atoms with Gasteiger partial charge in [-0.2, -0.15) is 0 Å². The standard InChI is InChI=1S/C4H4N14/c5(3-11-15-16-12-3)1-7-9-2(10-8-1)6-4-13-17-18-14-4/h15,17H2/q-4. The maximum atomic E-state index is 3.82. The molecule has 94 valence electrons. The van der Waals surface area contributed by atoms with Gasteiger partial charge in [0.2, 0.25) is 0 Å². The Bertz CT molecular complexity index is 428. The first-order valence-corrected chi connectivity index (χ1v) is 4.52. The predicted octanol–water partition coefficient (Wildman–Crippen LogP) is -1.87. The molecule has 0 bridgehead atoms. The van der Waals surface area contributed by atoms with Crippen molar-refractivity contribution in [3.05, 3.63) is 32.6 Å². The molecule has 0 fully saturated rings. The lowest BCUT2D eigenvalue weighted by atomic mass is 10.8. The largest absolute Gasteiger partial charge is 0.483 e. The lowest BCUT2D eigenvalue weighted by molar-refractivity contribution is -0.544. The Balaban J connectivity index is 1.61. The number of hydrogen-bond acceptors (Lipinski definition) is 6. The fourth-order valence-corrected chi connectivity index (χ4v) is 0.951. The molecular weight excluding hydrogens is 244 g/mol. The van der Waals surface area contributed by atoms with E-state index in [1.807, 2.05) is 0 Å². The third-order valence-corrected chi connectivity index (χ3v) is 1.60. The second-order valence-electron chi connectivity index (χ2n) is 2.74. The van der Waals surface area contributed by atoms with E-state index in [4.69, 9.17) is 0 Å². The second kappa shape index (κ2) is 4.47. The molecule has 0 spiro atoms. The molecule has 14 heteroatoms. The van der Waals surface area contributed by atoms with Crippen LogP contribution in [0, 0.1) is 0 Å². The van der Waals surface area contributed by atoms with Gasteiger partial charge in [-0.3, -0.25) is 0 Å². The number of rotatable bonds is 2. The number of aromatic nitrogens is 4. The number of hydrogen-bond donors (Lipinski definition) is 2. The van der Waals surface area contributed by atoms with Crippen LogP contribution in [0.5, 0.6) is 0 Å². The summed E-state index contributed by atoms with van der Waals surface area (Å²) in [6, 6.07) is 0. The summed E-state index contributed by atoms with van der Waals surface area (Å²) in [6.45, 7) is 0. The molecule has 0 atom stereocenters. The maximum absolute atomic E-state index is 3.82. The first-order chi connectivity index (χ1) is 8.90. The molecule has 14 nitrogen and oxygen atoms in total. The molecule has 3 heterocycles. The molecule has 0 saturated heterocycles. The average Bonchev–Trinajstić information content (AvgIpc) is 3.05. The van der Waals surface area contributed by atoms with Crippen molar-refractivity contribution in [1.29, 1.82) is 0 Å². The van der Waals surface area contributed by atoms with Crippen molar-refractivity contribution < 1.29 is 11.1 Å². The topological polar surface area (TPSA) is 194 Å². The summed E-state index contributed by atoms with van der Waals surface area (Å²) in [5, 5.41) is 29.5. The molecule has 0 aromatic carbocycles. The minimum Gasteiger partial charge on any atom is -0.483 e. The molecular formula is C4H4N14-4. The van der Waals surface area contributed by atoms with Crippen LogP contribution in [0.1, 0.15) is 0 Å². The summed E-state index contributed by atoms with van der Waals surface area (Å²) >= 11 is 0. The lowest BCUT2D eigenvalue weighted by Gasteiger charge is -2.24. The first kappa shape index (κ1) is 10.2. The number of quaternary nitrogens is 2. The van der Waals surface area contributed by atoms with E-state index in [9.17, 15) is 0 Å². The molecule has 2 aliphatic heterocycles. The van der Waals surface area contributed by atoms with E-state index in [2.05, 4.69) is 63.2 Å². The van der Waals surface area contributed by atoms with Gasteiger partial charge >= 0.3 is 0 Å². The van der Waals surface area contributed by atoms with Crippen molar-refractivity contribution in [2.24, 2.45) is 10.2 Å². The Hall–Kier alpha value is -3.00. The van der Waals surface area contributed by atoms with Crippen molar-refractivity contribution >= 4 is 23.8 Å². The van der Waals surface area contributed by atoms with Gasteiger partial charge in [0.15, 0.2) is 0 Å². The smallest absolute Gasteiger partial charge is 0.0176 e. The summed E-state index contributed by atoms with van der Waals surface area (Å²) in [5.74, 6) is 0.269. The Labute approximate surface area is 99.0 Å². The van der Waals surface area contributed by atoms with Gasteiger partial charge in [-0.15, -0.1) is 0 Å². The fraction of sp³-hybridized carbons (Fsp3) is 0. The molecule has 1 aromatic rings. The van der Waals surface area contributed by atoms with E-state index in [1.54, 1.807) is 0 Å². The van der Waals surface area contributed by atoms with Gasteiger partial charge in [0.1, 0.15) is 0 Å². The summed E-state index contributed by atoms with van der Waals surface area (Å²) in [6.07, 6.45) is 0. The van der Waals surface area contributed by atoms with Crippen molar-refractivity contribution in [2.45, 2.75) is 0 Å². The van der Waals surface area contributed by atoms with Crippen LogP contribution >= 0.6 is 0 Å². The van der Waals surface area contributed by atoms with Crippen LogP contribution in [0.4, 0.5) is 11.9 Å². The highest BCUT2D eigenvalue weighted by atomic mass is 15.8. The third kappa shape index (κ3) is 2.23. The van der Waals surface area contributed by atoms with E-state index < -0.39 is 0 Å². The molecule has 0 saturated carbocycles. The van der Waals surface area contributed by atoms with E-state index >= 15 is 0 Å². The van der Waals surface area contributed by atoms with Gasteiger partial charge in [-0.25, -0.2) is 10.9 Å². The number of nitrogens with two attached hydrogens (primary N) is 2. The Morgan fingerprint density at radius 1 is 0.722 bits per heavy atom. The van der Waals surface area contributed by atoms with Crippen LogP contribution in [0.2, 0.25) is 0 Å². The third-order valence-electron chi connectivity index (χ3n) is 1.60. The van der Waals surface area contributed by atoms with Gasteiger partial charge in [0, 0.05) is 11.9 Å². The van der Waals surface area contributed by atoms with Gasteiger partial charge in [0.25, 0.3) is 0 Å². The molecule has 0 amide bonds. The average molecular weight is 248 g/mol. The number of guanidine groups is 2. The predicted molar refractivity (Wildman–Crippen MR) is 55.8 cm³/mol. The fourth-order valence-electron chi connectivity index (χ4n) is 0.951. The molecule has 1 aromatic heterocycles. The SMILES string of the molecule is N1=C([N-]c2nnc([N-]C3=N[N-][NH2+][N-]3)nn2)[N-][NH2+][N-]1. The minimum atomic E-state index is 0.00324. The monoisotopic (exact) mass is 248 g/mol. The second-order valence-corrected chi connectivity index (χ2v) is 2.74. The molecule has 0 radical (unpaired) electrons. The molecule has 2 aliphatic rings. The Morgan fingerprint density at radius 3 is 1.50 bits per heavy atom. The molecule has 0 aliphatic carbocycles.